The number of rotatable bonds is 5. The molecule has 0 saturated heterocycles. The molecule has 0 aliphatic carbocycles. The monoisotopic (exact) mass is 423 g/mol. The number of methoxy groups -OCH3 is 2. The molecule has 0 radical (unpaired) electrons. The van der Waals surface area contributed by atoms with Crippen LogP contribution in [0, 0.1) is 5.82 Å². The molecule has 0 unspecified atom stereocenters. The van der Waals surface area contributed by atoms with Crippen LogP contribution in [0.5, 0.6) is 11.5 Å². The Bertz CT molecular complexity index is 1320. The van der Waals surface area contributed by atoms with Crippen LogP contribution < -0.4 is 9.47 Å². The lowest BCUT2D eigenvalue weighted by Gasteiger charge is -2.14. The smallest absolute Gasteiger partial charge is 0.208 e. The predicted octanol–water partition coefficient (Wildman–Crippen LogP) is 4.89. The molecular formula is C23H18FNO4S. The molecule has 0 aliphatic heterocycles. The van der Waals surface area contributed by atoms with E-state index >= 15 is 0 Å². The first-order chi connectivity index (χ1) is 14.4. The Balaban J connectivity index is 1.99. The van der Waals surface area contributed by atoms with Crippen LogP contribution in [0.4, 0.5) is 4.39 Å². The van der Waals surface area contributed by atoms with E-state index in [2.05, 4.69) is 4.98 Å². The van der Waals surface area contributed by atoms with Gasteiger partial charge in [0.15, 0.2) is 0 Å². The molecule has 5 nitrogen and oxygen atoms in total. The zero-order valence-electron chi connectivity index (χ0n) is 16.3. The van der Waals surface area contributed by atoms with E-state index in [1.165, 1.54) is 37.6 Å². The van der Waals surface area contributed by atoms with Crippen molar-refractivity contribution in [1.29, 1.82) is 0 Å². The molecule has 1 aromatic heterocycles. The number of fused-ring (bicyclic) bond motifs is 1. The molecule has 3 aromatic carbocycles. The third-order valence-corrected chi connectivity index (χ3v) is 6.62. The minimum Gasteiger partial charge on any atom is -0.497 e. The van der Waals surface area contributed by atoms with Crippen LogP contribution in [0.3, 0.4) is 0 Å². The van der Waals surface area contributed by atoms with Crippen molar-refractivity contribution in [1.82, 2.24) is 4.98 Å². The molecule has 4 rings (SSSR count). The molecule has 152 valence electrons. The number of nitrogens with zero attached hydrogens (tertiary/aromatic N) is 1. The normalized spacial score (nSPS) is 11.4. The second-order valence-corrected chi connectivity index (χ2v) is 8.48. The first-order valence-corrected chi connectivity index (χ1v) is 10.5. The highest BCUT2D eigenvalue weighted by molar-refractivity contribution is 7.91. The van der Waals surface area contributed by atoms with E-state index in [-0.39, 0.29) is 9.79 Å². The van der Waals surface area contributed by atoms with E-state index < -0.39 is 15.7 Å². The number of aromatic nitrogens is 1. The summed E-state index contributed by atoms with van der Waals surface area (Å²) >= 11 is 0. The average Bonchev–Trinajstić information content (AvgIpc) is 2.78. The van der Waals surface area contributed by atoms with E-state index in [0.717, 1.165) is 0 Å². The van der Waals surface area contributed by atoms with Crippen LogP contribution in [-0.2, 0) is 9.84 Å². The average molecular weight is 423 g/mol. The summed E-state index contributed by atoms with van der Waals surface area (Å²) in [6.45, 7) is 0. The van der Waals surface area contributed by atoms with Crippen LogP contribution >= 0.6 is 0 Å². The number of hydrogen-bond acceptors (Lipinski definition) is 5. The molecule has 7 heteroatoms. The van der Waals surface area contributed by atoms with Gasteiger partial charge in [-0.05, 0) is 54.1 Å². The molecule has 0 atom stereocenters. The lowest BCUT2D eigenvalue weighted by atomic mass is 10.0. The summed E-state index contributed by atoms with van der Waals surface area (Å²) in [6.07, 6.45) is 1.28. The molecule has 1 heterocycles. The Morgan fingerprint density at radius 3 is 2.03 bits per heavy atom. The molecule has 0 bridgehead atoms. The summed E-state index contributed by atoms with van der Waals surface area (Å²) in [5.41, 5.74) is 1.48. The van der Waals surface area contributed by atoms with Gasteiger partial charge in [0.2, 0.25) is 9.84 Å². The van der Waals surface area contributed by atoms with E-state index in [4.69, 9.17) is 9.47 Å². The maximum Gasteiger partial charge on any atom is 0.208 e. The molecule has 0 amide bonds. The van der Waals surface area contributed by atoms with Gasteiger partial charge in [-0.1, -0.05) is 12.1 Å². The van der Waals surface area contributed by atoms with Gasteiger partial charge in [-0.15, -0.1) is 0 Å². The third kappa shape index (κ3) is 3.48. The zero-order chi connectivity index (χ0) is 21.3. The van der Waals surface area contributed by atoms with Crippen molar-refractivity contribution in [2.24, 2.45) is 0 Å². The van der Waals surface area contributed by atoms with Crippen LogP contribution in [-0.4, -0.2) is 27.6 Å². The zero-order valence-corrected chi connectivity index (χ0v) is 17.1. The van der Waals surface area contributed by atoms with E-state index in [9.17, 15) is 12.8 Å². The van der Waals surface area contributed by atoms with Gasteiger partial charge in [0.1, 0.15) is 17.3 Å². The van der Waals surface area contributed by atoms with Crippen LogP contribution in [0.1, 0.15) is 0 Å². The molecule has 0 saturated carbocycles. The molecule has 0 spiro atoms. The molecule has 30 heavy (non-hydrogen) atoms. The van der Waals surface area contributed by atoms with Gasteiger partial charge in [0, 0.05) is 23.2 Å². The number of ether oxygens (including phenoxy) is 2. The van der Waals surface area contributed by atoms with Gasteiger partial charge in [-0.2, -0.15) is 0 Å². The number of pyridine rings is 1. The first kappa shape index (κ1) is 19.8. The fourth-order valence-corrected chi connectivity index (χ4v) is 4.73. The van der Waals surface area contributed by atoms with Crippen LogP contribution in [0.25, 0.3) is 22.0 Å². The van der Waals surface area contributed by atoms with E-state index in [0.29, 0.717) is 33.5 Å². The highest BCUT2D eigenvalue weighted by atomic mass is 32.2. The second-order valence-electron chi connectivity index (χ2n) is 6.57. The Kier molecular flexibility index (Phi) is 5.13. The van der Waals surface area contributed by atoms with Crippen molar-refractivity contribution in [3.63, 3.8) is 0 Å². The number of sulfone groups is 1. The molecule has 4 aromatic rings. The quantitative estimate of drug-likeness (QED) is 0.457. The molecule has 0 N–H and O–H groups in total. The fourth-order valence-electron chi connectivity index (χ4n) is 3.29. The van der Waals surface area contributed by atoms with Crippen molar-refractivity contribution < 1.29 is 22.3 Å². The van der Waals surface area contributed by atoms with Gasteiger partial charge < -0.3 is 9.47 Å². The number of halogens is 1. The van der Waals surface area contributed by atoms with Crippen molar-refractivity contribution in [2.45, 2.75) is 9.79 Å². The fraction of sp³-hybridized carbons (Fsp3) is 0.0870. The summed E-state index contributed by atoms with van der Waals surface area (Å²) in [7, 11) is -0.837. The second kappa shape index (κ2) is 7.76. The van der Waals surface area contributed by atoms with Crippen molar-refractivity contribution in [3.8, 4) is 22.6 Å². The molecular weight excluding hydrogens is 405 g/mol. The lowest BCUT2D eigenvalue weighted by Crippen LogP contribution is -2.06. The Morgan fingerprint density at radius 2 is 1.43 bits per heavy atom. The molecule has 0 aliphatic rings. The van der Waals surface area contributed by atoms with E-state index in [1.807, 2.05) is 0 Å². The van der Waals surface area contributed by atoms with Crippen molar-refractivity contribution in [2.75, 3.05) is 14.2 Å². The first-order valence-electron chi connectivity index (χ1n) is 9.06. The van der Waals surface area contributed by atoms with Gasteiger partial charge in [0.05, 0.1) is 29.5 Å². The summed E-state index contributed by atoms with van der Waals surface area (Å²) in [5, 5.41) is 0.538. The van der Waals surface area contributed by atoms with E-state index in [1.54, 1.807) is 49.6 Å². The maximum absolute atomic E-state index is 13.8. The summed E-state index contributed by atoms with van der Waals surface area (Å²) in [6, 6.07) is 17.3. The Morgan fingerprint density at radius 1 is 0.833 bits per heavy atom. The highest BCUT2D eigenvalue weighted by Crippen LogP contribution is 2.37. The summed E-state index contributed by atoms with van der Waals surface area (Å²) < 4.78 is 51.0. The highest BCUT2D eigenvalue weighted by Gasteiger charge is 2.25. The number of hydrogen-bond donors (Lipinski definition) is 0. The minimum atomic E-state index is -3.90. The van der Waals surface area contributed by atoms with Crippen LogP contribution in [0.2, 0.25) is 0 Å². The van der Waals surface area contributed by atoms with Gasteiger partial charge in [-0.25, -0.2) is 12.8 Å². The van der Waals surface area contributed by atoms with Crippen LogP contribution in [0.15, 0.2) is 82.7 Å². The largest absolute Gasteiger partial charge is 0.497 e. The van der Waals surface area contributed by atoms with Gasteiger partial charge in [0.25, 0.3) is 0 Å². The SMILES string of the molecule is COc1ccc(-c2c(S(=O)(=O)c3ccc(OC)cc3)cnc3cc(F)ccc23)cc1. The third-order valence-electron chi connectivity index (χ3n) is 4.83. The minimum absolute atomic E-state index is 0.0388. The Labute approximate surface area is 173 Å². The Hall–Kier alpha value is -3.45. The summed E-state index contributed by atoms with van der Waals surface area (Å²) in [5.74, 6) is 0.751. The van der Waals surface area contributed by atoms with Crippen molar-refractivity contribution >= 4 is 20.7 Å². The standard InChI is InChI=1S/C23H18FNO4S/c1-28-17-6-3-15(4-7-17)23-20-12-5-16(24)13-21(20)25-14-22(23)30(26,27)19-10-8-18(29-2)9-11-19/h3-14H,1-2H3. The number of benzene rings is 3. The van der Waals surface area contributed by atoms with Gasteiger partial charge in [-0.3, -0.25) is 4.98 Å². The topological polar surface area (TPSA) is 65.5 Å². The van der Waals surface area contributed by atoms with Crippen molar-refractivity contribution in [3.05, 3.63) is 78.7 Å². The summed E-state index contributed by atoms with van der Waals surface area (Å²) in [4.78, 5) is 4.37. The lowest BCUT2D eigenvalue weighted by molar-refractivity contribution is 0.414. The maximum atomic E-state index is 13.8. The molecule has 0 fully saturated rings. The van der Waals surface area contributed by atoms with Gasteiger partial charge >= 0.3 is 0 Å². The predicted molar refractivity (Wildman–Crippen MR) is 112 cm³/mol.